The van der Waals surface area contributed by atoms with Crippen LogP contribution in [0.15, 0.2) is 24.3 Å². The van der Waals surface area contributed by atoms with Gasteiger partial charge in [0.05, 0.1) is 0 Å². The molecule has 1 atom stereocenters. The zero-order valence-corrected chi connectivity index (χ0v) is 11.8. The molecule has 1 aromatic rings. The number of rotatable bonds is 5. The van der Waals surface area contributed by atoms with E-state index in [4.69, 9.17) is 5.73 Å². The van der Waals surface area contributed by atoms with Crippen LogP contribution in [0.5, 0.6) is 0 Å². The largest absolute Gasteiger partial charge is 0.368 e. The topological polar surface area (TPSA) is 101 Å². The summed E-state index contributed by atoms with van der Waals surface area (Å²) < 4.78 is 0. The van der Waals surface area contributed by atoms with Gasteiger partial charge in [-0.1, -0.05) is 13.8 Å². The Bertz CT molecular complexity index is 509. The molecule has 20 heavy (non-hydrogen) atoms. The minimum Gasteiger partial charge on any atom is -0.368 e. The number of nitrogens with two attached hydrogens (primary N) is 1. The standard InChI is InChI=1S/C14H19N3O3/c1-8(2)12(13(15)19)17-14(20)10-4-6-11(7-5-10)16-9(3)18/h4-8,12H,1-3H3,(H2,15,19)(H,16,18)(H,17,20)/t12-/m0/s1. The Kier molecular flexibility index (Phi) is 5.25. The van der Waals surface area contributed by atoms with E-state index in [2.05, 4.69) is 10.6 Å². The molecule has 0 fully saturated rings. The van der Waals surface area contributed by atoms with Gasteiger partial charge in [-0.25, -0.2) is 0 Å². The van der Waals surface area contributed by atoms with Crippen LogP contribution < -0.4 is 16.4 Å². The van der Waals surface area contributed by atoms with Crippen LogP contribution >= 0.6 is 0 Å². The van der Waals surface area contributed by atoms with Crippen molar-refractivity contribution in [1.82, 2.24) is 5.32 Å². The monoisotopic (exact) mass is 277 g/mol. The highest BCUT2D eigenvalue weighted by Crippen LogP contribution is 2.10. The van der Waals surface area contributed by atoms with Gasteiger partial charge in [0, 0.05) is 18.2 Å². The lowest BCUT2D eigenvalue weighted by Gasteiger charge is -2.18. The van der Waals surface area contributed by atoms with Crippen LogP contribution in [0.25, 0.3) is 0 Å². The molecule has 0 radical (unpaired) electrons. The van der Waals surface area contributed by atoms with Gasteiger partial charge in [0.25, 0.3) is 5.91 Å². The average molecular weight is 277 g/mol. The summed E-state index contributed by atoms with van der Waals surface area (Å²) in [5.41, 5.74) is 6.24. The Hall–Kier alpha value is -2.37. The van der Waals surface area contributed by atoms with Gasteiger partial charge in [-0.15, -0.1) is 0 Å². The van der Waals surface area contributed by atoms with Crippen molar-refractivity contribution in [2.24, 2.45) is 11.7 Å². The minimum atomic E-state index is -0.711. The SMILES string of the molecule is CC(=O)Nc1ccc(C(=O)N[C@H](C(N)=O)C(C)C)cc1. The lowest BCUT2D eigenvalue weighted by Crippen LogP contribution is -2.47. The first-order chi connectivity index (χ1) is 9.31. The summed E-state index contributed by atoms with van der Waals surface area (Å²) in [6.07, 6.45) is 0. The van der Waals surface area contributed by atoms with Crippen LogP contribution in [0.3, 0.4) is 0 Å². The molecule has 6 heteroatoms. The second-order valence-electron chi connectivity index (χ2n) is 4.86. The number of anilines is 1. The normalized spacial score (nSPS) is 11.8. The number of primary amides is 1. The highest BCUT2D eigenvalue weighted by atomic mass is 16.2. The van der Waals surface area contributed by atoms with Gasteiger partial charge in [0.15, 0.2) is 0 Å². The number of nitrogens with one attached hydrogen (secondary N) is 2. The number of carbonyl (C=O) groups is 3. The van der Waals surface area contributed by atoms with E-state index in [1.807, 2.05) is 0 Å². The van der Waals surface area contributed by atoms with Crippen molar-refractivity contribution in [3.63, 3.8) is 0 Å². The molecule has 0 aliphatic carbocycles. The van der Waals surface area contributed by atoms with E-state index in [1.54, 1.807) is 38.1 Å². The predicted octanol–water partition coefficient (Wildman–Crippen LogP) is 0.885. The first-order valence-corrected chi connectivity index (χ1v) is 6.29. The molecule has 6 nitrogen and oxygen atoms in total. The van der Waals surface area contributed by atoms with E-state index < -0.39 is 11.9 Å². The molecule has 0 unspecified atom stereocenters. The molecular weight excluding hydrogens is 258 g/mol. The summed E-state index contributed by atoms with van der Waals surface area (Å²) in [5, 5.41) is 5.19. The molecule has 0 heterocycles. The van der Waals surface area contributed by atoms with E-state index in [1.165, 1.54) is 6.92 Å². The maximum atomic E-state index is 12.0. The molecule has 0 bridgehead atoms. The van der Waals surface area contributed by atoms with E-state index >= 15 is 0 Å². The Morgan fingerprint density at radius 3 is 2.05 bits per heavy atom. The van der Waals surface area contributed by atoms with Crippen molar-refractivity contribution in [2.75, 3.05) is 5.32 Å². The fraction of sp³-hybridized carbons (Fsp3) is 0.357. The third kappa shape index (κ3) is 4.38. The first-order valence-electron chi connectivity index (χ1n) is 6.29. The minimum absolute atomic E-state index is 0.0879. The van der Waals surface area contributed by atoms with Crippen LogP contribution in [-0.4, -0.2) is 23.8 Å². The number of hydrogen-bond acceptors (Lipinski definition) is 3. The number of benzene rings is 1. The molecule has 4 N–H and O–H groups in total. The number of hydrogen-bond donors (Lipinski definition) is 3. The highest BCUT2D eigenvalue weighted by Gasteiger charge is 2.22. The first kappa shape index (κ1) is 15.7. The van der Waals surface area contributed by atoms with Gasteiger partial charge < -0.3 is 16.4 Å². The highest BCUT2D eigenvalue weighted by molar-refractivity contribution is 5.98. The average Bonchev–Trinajstić information content (AvgIpc) is 2.35. The Balaban J connectivity index is 2.77. The van der Waals surface area contributed by atoms with Crippen LogP contribution in [0.4, 0.5) is 5.69 Å². The quantitative estimate of drug-likeness (QED) is 0.744. The second-order valence-corrected chi connectivity index (χ2v) is 4.86. The maximum absolute atomic E-state index is 12.0. The van der Waals surface area contributed by atoms with Crippen molar-refractivity contribution < 1.29 is 14.4 Å². The molecule has 0 spiro atoms. The van der Waals surface area contributed by atoms with E-state index in [0.29, 0.717) is 11.3 Å². The molecule has 3 amide bonds. The Morgan fingerprint density at radius 1 is 1.10 bits per heavy atom. The number of carbonyl (C=O) groups excluding carboxylic acids is 3. The van der Waals surface area contributed by atoms with Gasteiger partial charge in [-0.2, -0.15) is 0 Å². The molecule has 1 aromatic carbocycles. The van der Waals surface area contributed by atoms with Gasteiger partial charge in [0.1, 0.15) is 6.04 Å². The zero-order valence-electron chi connectivity index (χ0n) is 11.8. The fourth-order valence-electron chi connectivity index (χ4n) is 1.70. The summed E-state index contributed by atoms with van der Waals surface area (Å²) in [4.78, 5) is 34.1. The van der Waals surface area contributed by atoms with E-state index in [9.17, 15) is 14.4 Å². The molecule has 0 saturated carbocycles. The van der Waals surface area contributed by atoms with Crippen molar-refractivity contribution in [2.45, 2.75) is 26.8 Å². The van der Waals surface area contributed by atoms with Crippen LogP contribution in [0, 0.1) is 5.92 Å². The molecule has 1 rings (SSSR count). The molecular formula is C14H19N3O3. The van der Waals surface area contributed by atoms with Crippen molar-refractivity contribution in [3.05, 3.63) is 29.8 Å². The Morgan fingerprint density at radius 2 is 1.65 bits per heavy atom. The lowest BCUT2D eigenvalue weighted by atomic mass is 10.0. The van der Waals surface area contributed by atoms with Crippen molar-refractivity contribution in [1.29, 1.82) is 0 Å². The molecule has 0 aromatic heterocycles. The van der Waals surface area contributed by atoms with E-state index in [-0.39, 0.29) is 17.7 Å². The van der Waals surface area contributed by atoms with Gasteiger partial charge in [-0.3, -0.25) is 14.4 Å². The summed E-state index contributed by atoms with van der Waals surface area (Å²) in [7, 11) is 0. The Labute approximate surface area is 117 Å². The fourth-order valence-corrected chi connectivity index (χ4v) is 1.70. The zero-order chi connectivity index (χ0) is 15.3. The van der Waals surface area contributed by atoms with Crippen LogP contribution in [-0.2, 0) is 9.59 Å². The molecule has 0 saturated heterocycles. The van der Waals surface area contributed by atoms with Crippen LogP contribution in [0.1, 0.15) is 31.1 Å². The molecule has 108 valence electrons. The summed E-state index contributed by atoms with van der Waals surface area (Å²) in [6, 6.07) is 5.66. The van der Waals surface area contributed by atoms with E-state index in [0.717, 1.165) is 0 Å². The summed E-state index contributed by atoms with van der Waals surface area (Å²) >= 11 is 0. The van der Waals surface area contributed by atoms with Crippen molar-refractivity contribution in [3.8, 4) is 0 Å². The van der Waals surface area contributed by atoms with Gasteiger partial charge in [0.2, 0.25) is 11.8 Å². The molecule has 0 aliphatic heterocycles. The lowest BCUT2D eigenvalue weighted by molar-refractivity contribution is -0.120. The number of amides is 3. The second kappa shape index (κ2) is 6.70. The maximum Gasteiger partial charge on any atom is 0.251 e. The van der Waals surface area contributed by atoms with Crippen molar-refractivity contribution >= 4 is 23.4 Å². The smallest absolute Gasteiger partial charge is 0.251 e. The third-order valence-corrected chi connectivity index (χ3v) is 2.73. The molecule has 0 aliphatic rings. The third-order valence-electron chi connectivity index (χ3n) is 2.73. The van der Waals surface area contributed by atoms with Gasteiger partial charge >= 0.3 is 0 Å². The summed E-state index contributed by atoms with van der Waals surface area (Å²) in [6.45, 7) is 5.01. The van der Waals surface area contributed by atoms with Gasteiger partial charge in [-0.05, 0) is 30.2 Å². The summed E-state index contributed by atoms with van der Waals surface area (Å²) in [5.74, 6) is -1.22. The van der Waals surface area contributed by atoms with Crippen LogP contribution in [0.2, 0.25) is 0 Å². The predicted molar refractivity (Wildman–Crippen MR) is 76.0 cm³/mol.